The maximum atomic E-state index is 11.2. The van der Waals surface area contributed by atoms with Crippen molar-refractivity contribution < 1.29 is 9.90 Å². The number of hydrogen-bond donors (Lipinski definition) is 2. The standard InChI is InChI=1S/C14H17N3O2/c1-9-4-5-13(12(6-9)14(18)19)15-7-11-8-17(3)16-10(11)2/h4-6,8,15H,7H2,1-3H3,(H,18,19). The molecule has 0 aliphatic carbocycles. The first kappa shape index (κ1) is 13.1. The predicted octanol–water partition coefficient (Wildman–Crippen LogP) is 2.35. The van der Waals surface area contributed by atoms with Crippen molar-refractivity contribution >= 4 is 11.7 Å². The summed E-state index contributed by atoms with van der Waals surface area (Å²) in [7, 11) is 1.87. The van der Waals surface area contributed by atoms with Crippen LogP contribution in [-0.2, 0) is 13.6 Å². The Bertz CT molecular complexity index is 617. The number of benzene rings is 1. The van der Waals surface area contributed by atoms with Gasteiger partial charge in [0.05, 0.1) is 11.3 Å². The van der Waals surface area contributed by atoms with E-state index in [4.69, 9.17) is 0 Å². The van der Waals surface area contributed by atoms with Gasteiger partial charge in [-0.3, -0.25) is 4.68 Å². The summed E-state index contributed by atoms with van der Waals surface area (Å²) in [5.41, 5.74) is 3.85. The molecule has 1 heterocycles. The average Bonchev–Trinajstić information content (AvgIpc) is 2.66. The number of aromatic carboxylic acids is 1. The van der Waals surface area contributed by atoms with Crippen molar-refractivity contribution in [3.05, 3.63) is 46.8 Å². The highest BCUT2D eigenvalue weighted by Crippen LogP contribution is 2.19. The van der Waals surface area contributed by atoms with Gasteiger partial charge >= 0.3 is 5.97 Å². The van der Waals surface area contributed by atoms with E-state index in [9.17, 15) is 9.90 Å². The van der Waals surface area contributed by atoms with E-state index in [1.165, 1.54) is 0 Å². The predicted molar refractivity (Wildman–Crippen MR) is 73.4 cm³/mol. The third kappa shape index (κ3) is 2.93. The Hall–Kier alpha value is -2.30. The highest BCUT2D eigenvalue weighted by Gasteiger charge is 2.11. The molecule has 0 saturated heterocycles. The number of carboxylic acid groups (broad SMARTS) is 1. The van der Waals surface area contributed by atoms with E-state index in [0.29, 0.717) is 17.8 Å². The van der Waals surface area contributed by atoms with E-state index in [2.05, 4.69) is 10.4 Å². The highest BCUT2D eigenvalue weighted by atomic mass is 16.4. The van der Waals surface area contributed by atoms with Crippen LogP contribution in [0.3, 0.4) is 0 Å². The summed E-state index contributed by atoms with van der Waals surface area (Å²) in [5, 5.41) is 16.6. The zero-order valence-corrected chi connectivity index (χ0v) is 11.3. The second-order valence-corrected chi connectivity index (χ2v) is 4.62. The summed E-state index contributed by atoms with van der Waals surface area (Å²) >= 11 is 0. The van der Waals surface area contributed by atoms with Gasteiger partial charge in [0.15, 0.2) is 0 Å². The van der Waals surface area contributed by atoms with E-state index >= 15 is 0 Å². The number of hydrogen-bond acceptors (Lipinski definition) is 3. The Kier molecular flexibility index (Phi) is 3.55. The third-order valence-corrected chi connectivity index (χ3v) is 2.99. The minimum absolute atomic E-state index is 0.293. The number of rotatable bonds is 4. The van der Waals surface area contributed by atoms with Crippen LogP contribution in [0.5, 0.6) is 0 Å². The molecule has 0 saturated carbocycles. The summed E-state index contributed by atoms with van der Waals surface area (Å²) in [5.74, 6) is -0.922. The molecule has 5 heteroatoms. The molecule has 1 aromatic heterocycles. The fraction of sp³-hybridized carbons (Fsp3) is 0.286. The summed E-state index contributed by atoms with van der Waals surface area (Å²) < 4.78 is 1.75. The number of aromatic nitrogens is 2. The van der Waals surface area contributed by atoms with Crippen LogP contribution in [0, 0.1) is 13.8 Å². The van der Waals surface area contributed by atoms with Crippen LogP contribution >= 0.6 is 0 Å². The average molecular weight is 259 g/mol. The van der Waals surface area contributed by atoms with Gasteiger partial charge in [-0.1, -0.05) is 11.6 Å². The molecule has 0 radical (unpaired) electrons. The fourth-order valence-electron chi connectivity index (χ4n) is 2.00. The molecule has 19 heavy (non-hydrogen) atoms. The SMILES string of the molecule is Cc1ccc(NCc2cn(C)nc2C)c(C(=O)O)c1. The van der Waals surface area contributed by atoms with Crippen molar-refractivity contribution in [1.29, 1.82) is 0 Å². The monoisotopic (exact) mass is 259 g/mol. The lowest BCUT2D eigenvalue weighted by Gasteiger charge is -2.09. The number of carboxylic acids is 1. The molecule has 0 spiro atoms. The number of carbonyl (C=O) groups is 1. The first-order valence-corrected chi connectivity index (χ1v) is 6.04. The fourth-order valence-corrected chi connectivity index (χ4v) is 2.00. The second-order valence-electron chi connectivity index (χ2n) is 4.62. The molecule has 0 unspecified atom stereocenters. The van der Waals surface area contributed by atoms with Gasteiger partial charge in [-0.25, -0.2) is 4.79 Å². The number of aryl methyl sites for hydroxylation is 3. The molecule has 0 bridgehead atoms. The topological polar surface area (TPSA) is 67.2 Å². The van der Waals surface area contributed by atoms with Gasteiger partial charge in [0, 0.05) is 31.0 Å². The van der Waals surface area contributed by atoms with Crippen LogP contribution in [0.1, 0.15) is 27.2 Å². The Morgan fingerprint density at radius 1 is 1.42 bits per heavy atom. The van der Waals surface area contributed by atoms with Crippen molar-refractivity contribution in [2.45, 2.75) is 20.4 Å². The summed E-state index contributed by atoms with van der Waals surface area (Å²) in [6, 6.07) is 5.36. The van der Waals surface area contributed by atoms with E-state index in [-0.39, 0.29) is 0 Å². The molecule has 2 rings (SSSR count). The van der Waals surface area contributed by atoms with E-state index in [0.717, 1.165) is 16.8 Å². The molecule has 2 N–H and O–H groups in total. The van der Waals surface area contributed by atoms with E-state index in [1.807, 2.05) is 33.2 Å². The lowest BCUT2D eigenvalue weighted by molar-refractivity contribution is 0.0698. The Labute approximate surface area is 111 Å². The van der Waals surface area contributed by atoms with Gasteiger partial charge < -0.3 is 10.4 Å². The second kappa shape index (κ2) is 5.14. The minimum Gasteiger partial charge on any atom is -0.478 e. The van der Waals surface area contributed by atoms with Crippen LogP contribution in [0.2, 0.25) is 0 Å². The van der Waals surface area contributed by atoms with Crippen LogP contribution < -0.4 is 5.32 Å². The van der Waals surface area contributed by atoms with Crippen LogP contribution in [0.25, 0.3) is 0 Å². The lowest BCUT2D eigenvalue weighted by Crippen LogP contribution is -2.07. The lowest BCUT2D eigenvalue weighted by atomic mass is 10.1. The molecular weight excluding hydrogens is 242 g/mol. The summed E-state index contributed by atoms with van der Waals surface area (Å²) in [6.07, 6.45) is 1.93. The normalized spacial score (nSPS) is 10.5. The van der Waals surface area contributed by atoms with Crippen molar-refractivity contribution in [1.82, 2.24) is 9.78 Å². The zero-order valence-electron chi connectivity index (χ0n) is 11.3. The number of nitrogens with zero attached hydrogens (tertiary/aromatic N) is 2. The zero-order chi connectivity index (χ0) is 14.0. The van der Waals surface area contributed by atoms with Gasteiger partial charge in [0.2, 0.25) is 0 Å². The summed E-state index contributed by atoms with van der Waals surface area (Å²) in [6.45, 7) is 4.37. The van der Waals surface area contributed by atoms with Crippen LogP contribution in [0.4, 0.5) is 5.69 Å². The molecule has 2 aromatic rings. The van der Waals surface area contributed by atoms with Crippen LogP contribution in [0.15, 0.2) is 24.4 Å². The Morgan fingerprint density at radius 2 is 2.16 bits per heavy atom. The first-order chi connectivity index (χ1) is 8.97. The van der Waals surface area contributed by atoms with Crippen molar-refractivity contribution in [3.8, 4) is 0 Å². The maximum absolute atomic E-state index is 11.2. The largest absolute Gasteiger partial charge is 0.478 e. The van der Waals surface area contributed by atoms with Crippen molar-refractivity contribution in [3.63, 3.8) is 0 Å². The van der Waals surface area contributed by atoms with Crippen molar-refractivity contribution in [2.24, 2.45) is 7.05 Å². The maximum Gasteiger partial charge on any atom is 0.337 e. The van der Waals surface area contributed by atoms with Crippen LogP contribution in [-0.4, -0.2) is 20.9 Å². The van der Waals surface area contributed by atoms with Gasteiger partial charge in [0.1, 0.15) is 0 Å². The third-order valence-electron chi connectivity index (χ3n) is 2.99. The van der Waals surface area contributed by atoms with Crippen molar-refractivity contribution in [2.75, 3.05) is 5.32 Å². The van der Waals surface area contributed by atoms with Gasteiger partial charge in [-0.05, 0) is 26.0 Å². The van der Waals surface area contributed by atoms with E-state index in [1.54, 1.807) is 16.8 Å². The molecule has 0 aliphatic heterocycles. The minimum atomic E-state index is -0.922. The number of anilines is 1. The molecule has 0 fully saturated rings. The van der Waals surface area contributed by atoms with Gasteiger partial charge in [0.25, 0.3) is 0 Å². The van der Waals surface area contributed by atoms with Gasteiger partial charge in [-0.2, -0.15) is 5.10 Å². The quantitative estimate of drug-likeness (QED) is 0.884. The number of nitrogens with one attached hydrogen (secondary N) is 1. The van der Waals surface area contributed by atoms with E-state index < -0.39 is 5.97 Å². The molecule has 1 aromatic carbocycles. The van der Waals surface area contributed by atoms with Gasteiger partial charge in [-0.15, -0.1) is 0 Å². The molecular formula is C14H17N3O2. The smallest absolute Gasteiger partial charge is 0.337 e. The Balaban J connectivity index is 2.20. The Morgan fingerprint density at radius 3 is 2.74 bits per heavy atom. The molecule has 5 nitrogen and oxygen atoms in total. The molecule has 100 valence electrons. The highest BCUT2D eigenvalue weighted by molar-refractivity contribution is 5.94. The molecule has 0 atom stereocenters. The summed E-state index contributed by atoms with van der Waals surface area (Å²) in [4.78, 5) is 11.2. The first-order valence-electron chi connectivity index (χ1n) is 6.04. The molecule has 0 aliphatic rings. The molecule has 0 amide bonds.